The number of esters is 3. The Balaban J connectivity index is 4.98. The zero-order valence-corrected chi connectivity index (χ0v) is 16.2. The third kappa shape index (κ3) is 10.8. The Morgan fingerprint density at radius 3 is 1.36 bits per heavy atom. The lowest BCUT2D eigenvalue weighted by atomic mass is 9.95. The maximum Gasteiger partial charge on any atom is 0.339 e. The summed E-state index contributed by atoms with van der Waals surface area (Å²) in [6, 6.07) is 0. The Bertz CT molecular complexity index is 415. The minimum Gasteiger partial charge on any atom is -0.465 e. The first-order chi connectivity index (χ1) is 11.5. The third-order valence-corrected chi connectivity index (χ3v) is 2.96. The van der Waals surface area contributed by atoms with E-state index in [9.17, 15) is 19.5 Å². The molecule has 1 N–H and O–H groups in total. The van der Waals surface area contributed by atoms with Crippen LogP contribution in [0, 0.1) is 17.8 Å². The predicted octanol–water partition coefficient (Wildman–Crippen LogP) is 2.10. The van der Waals surface area contributed by atoms with Crippen molar-refractivity contribution in [2.45, 2.75) is 60.0 Å². The van der Waals surface area contributed by atoms with Crippen molar-refractivity contribution in [1.29, 1.82) is 0 Å². The Hall–Kier alpha value is -1.63. The Labute approximate surface area is 150 Å². The molecule has 0 aromatic carbocycles. The number of ether oxygens (including phenoxy) is 3. The summed E-state index contributed by atoms with van der Waals surface area (Å²) < 4.78 is 15.0. The van der Waals surface area contributed by atoms with Crippen LogP contribution >= 0.6 is 0 Å². The van der Waals surface area contributed by atoms with Crippen LogP contribution in [-0.4, -0.2) is 48.4 Å². The summed E-state index contributed by atoms with van der Waals surface area (Å²) in [4.78, 5) is 36.1. The van der Waals surface area contributed by atoms with Crippen LogP contribution in [-0.2, 0) is 28.6 Å². The van der Waals surface area contributed by atoms with Gasteiger partial charge in [-0.25, -0.2) is 4.79 Å². The van der Waals surface area contributed by atoms with Gasteiger partial charge in [-0.3, -0.25) is 9.59 Å². The highest BCUT2D eigenvalue weighted by Crippen LogP contribution is 2.21. The van der Waals surface area contributed by atoms with E-state index < -0.39 is 36.4 Å². The summed E-state index contributed by atoms with van der Waals surface area (Å²) in [5, 5.41) is 10.6. The summed E-state index contributed by atoms with van der Waals surface area (Å²) in [6.45, 7) is 11.5. The Kier molecular flexibility index (Phi) is 10.4. The van der Waals surface area contributed by atoms with Gasteiger partial charge < -0.3 is 19.3 Å². The van der Waals surface area contributed by atoms with E-state index in [1.165, 1.54) is 0 Å². The standard InChI is InChI=1S/C18H32O7/c1-12(2)9-23-15(19)7-18(22,17(21)25-11-14(5)6)8-16(20)24-10-13(3)4/h12-14,22H,7-11H2,1-6H3. The van der Waals surface area contributed by atoms with Crippen LogP contribution in [0.3, 0.4) is 0 Å². The average molecular weight is 360 g/mol. The molecule has 0 aromatic heterocycles. The topological polar surface area (TPSA) is 99.1 Å². The molecule has 0 saturated heterocycles. The van der Waals surface area contributed by atoms with Crippen molar-refractivity contribution in [3.63, 3.8) is 0 Å². The molecule has 0 amide bonds. The van der Waals surface area contributed by atoms with Gasteiger partial charge in [0.25, 0.3) is 0 Å². The fraction of sp³-hybridized carbons (Fsp3) is 0.833. The molecule has 0 heterocycles. The van der Waals surface area contributed by atoms with Crippen molar-refractivity contribution >= 4 is 17.9 Å². The van der Waals surface area contributed by atoms with E-state index in [0.29, 0.717) is 0 Å². The highest BCUT2D eigenvalue weighted by atomic mass is 16.6. The van der Waals surface area contributed by atoms with E-state index in [-0.39, 0.29) is 37.6 Å². The molecule has 0 aliphatic heterocycles. The zero-order chi connectivity index (χ0) is 19.6. The second kappa shape index (κ2) is 11.1. The minimum absolute atomic E-state index is 0.0500. The fourth-order valence-electron chi connectivity index (χ4n) is 1.68. The summed E-state index contributed by atoms with van der Waals surface area (Å²) in [7, 11) is 0. The first-order valence-electron chi connectivity index (χ1n) is 8.67. The highest BCUT2D eigenvalue weighted by Gasteiger charge is 2.43. The van der Waals surface area contributed by atoms with Crippen LogP contribution in [0.5, 0.6) is 0 Å². The minimum atomic E-state index is -2.29. The van der Waals surface area contributed by atoms with Crippen LogP contribution in [0.25, 0.3) is 0 Å². The van der Waals surface area contributed by atoms with E-state index in [2.05, 4.69) is 0 Å². The maximum absolute atomic E-state index is 12.2. The van der Waals surface area contributed by atoms with Gasteiger partial charge in [0.2, 0.25) is 0 Å². The lowest BCUT2D eigenvalue weighted by Gasteiger charge is -2.25. The normalized spacial score (nSPS) is 11.8. The lowest BCUT2D eigenvalue weighted by Crippen LogP contribution is -2.45. The number of rotatable bonds is 11. The van der Waals surface area contributed by atoms with Crippen LogP contribution in [0.15, 0.2) is 0 Å². The molecule has 0 atom stereocenters. The predicted molar refractivity (Wildman–Crippen MR) is 91.6 cm³/mol. The van der Waals surface area contributed by atoms with Gasteiger partial charge in [-0.05, 0) is 17.8 Å². The molecule has 0 rings (SSSR count). The molecular formula is C18H32O7. The van der Waals surface area contributed by atoms with E-state index in [0.717, 1.165) is 0 Å². The first kappa shape index (κ1) is 23.4. The van der Waals surface area contributed by atoms with Gasteiger partial charge in [-0.2, -0.15) is 0 Å². The second-order valence-electron chi connectivity index (χ2n) is 7.53. The molecule has 0 aromatic rings. The van der Waals surface area contributed by atoms with Crippen molar-refractivity contribution in [1.82, 2.24) is 0 Å². The largest absolute Gasteiger partial charge is 0.465 e. The molecule has 0 unspecified atom stereocenters. The Morgan fingerprint density at radius 2 is 1.04 bits per heavy atom. The van der Waals surface area contributed by atoms with Gasteiger partial charge in [-0.1, -0.05) is 41.5 Å². The van der Waals surface area contributed by atoms with Crippen molar-refractivity contribution in [2.24, 2.45) is 17.8 Å². The van der Waals surface area contributed by atoms with E-state index in [1.807, 2.05) is 41.5 Å². The number of hydrogen-bond donors (Lipinski definition) is 1. The molecule has 25 heavy (non-hydrogen) atoms. The summed E-state index contributed by atoms with van der Waals surface area (Å²) in [6.07, 6.45) is -1.32. The zero-order valence-electron chi connectivity index (χ0n) is 16.2. The van der Waals surface area contributed by atoms with Gasteiger partial charge in [0.15, 0.2) is 5.60 Å². The molecule has 0 aliphatic rings. The first-order valence-corrected chi connectivity index (χ1v) is 8.67. The fourth-order valence-corrected chi connectivity index (χ4v) is 1.68. The van der Waals surface area contributed by atoms with Gasteiger partial charge in [0.05, 0.1) is 32.7 Å². The molecule has 0 spiro atoms. The molecular weight excluding hydrogens is 328 g/mol. The van der Waals surface area contributed by atoms with E-state index in [4.69, 9.17) is 14.2 Å². The van der Waals surface area contributed by atoms with Gasteiger partial charge in [0, 0.05) is 0 Å². The maximum atomic E-state index is 12.2. The molecule has 0 aliphatic carbocycles. The van der Waals surface area contributed by atoms with Crippen molar-refractivity contribution in [3.05, 3.63) is 0 Å². The summed E-state index contributed by atoms with van der Waals surface area (Å²) in [5.41, 5.74) is -2.29. The molecule has 0 radical (unpaired) electrons. The van der Waals surface area contributed by atoms with Gasteiger partial charge >= 0.3 is 17.9 Å². The molecule has 146 valence electrons. The second-order valence-corrected chi connectivity index (χ2v) is 7.53. The lowest BCUT2D eigenvalue weighted by molar-refractivity contribution is -0.179. The number of carbonyl (C=O) groups is 3. The van der Waals surface area contributed by atoms with Crippen LogP contribution in [0.2, 0.25) is 0 Å². The quantitative estimate of drug-likeness (QED) is 0.445. The summed E-state index contributed by atoms with van der Waals surface area (Å²) in [5.74, 6) is -2.29. The monoisotopic (exact) mass is 360 g/mol. The highest BCUT2D eigenvalue weighted by molar-refractivity contribution is 5.90. The van der Waals surface area contributed by atoms with Crippen molar-refractivity contribution in [3.8, 4) is 0 Å². The van der Waals surface area contributed by atoms with E-state index in [1.54, 1.807) is 0 Å². The Morgan fingerprint density at radius 1 is 0.720 bits per heavy atom. The smallest absolute Gasteiger partial charge is 0.339 e. The SMILES string of the molecule is CC(C)COC(=O)CC(O)(CC(=O)OCC(C)C)C(=O)OCC(C)C. The number of hydrogen-bond acceptors (Lipinski definition) is 7. The molecule has 0 fully saturated rings. The van der Waals surface area contributed by atoms with E-state index >= 15 is 0 Å². The van der Waals surface area contributed by atoms with Gasteiger partial charge in [-0.15, -0.1) is 0 Å². The molecule has 7 heteroatoms. The third-order valence-electron chi connectivity index (χ3n) is 2.96. The number of aliphatic hydroxyl groups is 1. The molecule has 0 saturated carbocycles. The van der Waals surface area contributed by atoms with Crippen LogP contribution in [0.4, 0.5) is 0 Å². The summed E-state index contributed by atoms with van der Waals surface area (Å²) >= 11 is 0. The molecule has 0 bridgehead atoms. The van der Waals surface area contributed by atoms with Gasteiger partial charge in [0.1, 0.15) is 0 Å². The van der Waals surface area contributed by atoms with Crippen molar-refractivity contribution in [2.75, 3.05) is 19.8 Å². The number of carbonyl (C=O) groups excluding carboxylic acids is 3. The average Bonchev–Trinajstić information content (AvgIpc) is 2.48. The van der Waals surface area contributed by atoms with Crippen LogP contribution < -0.4 is 0 Å². The van der Waals surface area contributed by atoms with Crippen molar-refractivity contribution < 1.29 is 33.7 Å². The molecule has 7 nitrogen and oxygen atoms in total. The van der Waals surface area contributed by atoms with Crippen LogP contribution in [0.1, 0.15) is 54.4 Å².